The Hall–Kier alpha value is -3.34. The molecule has 3 aromatic rings. The highest BCUT2D eigenvalue weighted by Gasteiger charge is 2.28. The highest BCUT2D eigenvalue weighted by Crippen LogP contribution is 2.40. The lowest BCUT2D eigenvalue weighted by molar-refractivity contribution is -0.135. The molecule has 0 amide bonds. The van der Waals surface area contributed by atoms with Gasteiger partial charge in [-0.15, -0.1) is 0 Å². The molecule has 0 radical (unpaired) electrons. The van der Waals surface area contributed by atoms with Crippen molar-refractivity contribution >= 4 is 5.97 Å². The molecule has 0 spiro atoms. The first-order valence-electron chi connectivity index (χ1n) is 8.60. The van der Waals surface area contributed by atoms with Gasteiger partial charge in [-0.2, -0.15) is 0 Å². The van der Waals surface area contributed by atoms with Crippen molar-refractivity contribution in [2.75, 3.05) is 0 Å². The number of esters is 1. The van der Waals surface area contributed by atoms with E-state index in [9.17, 15) is 14.3 Å². The predicted octanol–water partition coefficient (Wildman–Crippen LogP) is 4.55. The third kappa shape index (κ3) is 3.62. The van der Waals surface area contributed by atoms with Crippen LogP contribution in [0.2, 0.25) is 0 Å². The largest absolute Gasteiger partial charge is 0.508 e. The SMILES string of the molecule is O=C1CC(c2ccc(OCc3ccccc3F)cc2)c2ccc(O)cc2O1. The van der Waals surface area contributed by atoms with Gasteiger partial charge in [0.15, 0.2) is 0 Å². The van der Waals surface area contributed by atoms with E-state index < -0.39 is 0 Å². The Morgan fingerprint density at radius 3 is 2.63 bits per heavy atom. The van der Waals surface area contributed by atoms with Crippen LogP contribution in [0.5, 0.6) is 17.2 Å². The molecule has 0 fully saturated rings. The molecule has 3 aromatic carbocycles. The maximum atomic E-state index is 13.7. The monoisotopic (exact) mass is 364 g/mol. The molecule has 1 unspecified atom stereocenters. The number of hydrogen-bond donors (Lipinski definition) is 1. The van der Waals surface area contributed by atoms with Crippen LogP contribution in [-0.2, 0) is 11.4 Å². The molecular weight excluding hydrogens is 347 g/mol. The van der Waals surface area contributed by atoms with Crippen molar-refractivity contribution in [3.8, 4) is 17.2 Å². The van der Waals surface area contributed by atoms with Crippen molar-refractivity contribution in [1.82, 2.24) is 0 Å². The maximum Gasteiger partial charge on any atom is 0.312 e. The van der Waals surface area contributed by atoms with E-state index >= 15 is 0 Å². The van der Waals surface area contributed by atoms with Crippen LogP contribution in [0, 0.1) is 5.82 Å². The number of aromatic hydroxyl groups is 1. The Morgan fingerprint density at radius 1 is 1.07 bits per heavy atom. The lowest BCUT2D eigenvalue weighted by Crippen LogP contribution is -2.20. The van der Waals surface area contributed by atoms with Crippen LogP contribution in [0.4, 0.5) is 4.39 Å². The van der Waals surface area contributed by atoms with Crippen LogP contribution in [0.3, 0.4) is 0 Å². The summed E-state index contributed by atoms with van der Waals surface area (Å²) in [5.74, 6) is 0.275. The van der Waals surface area contributed by atoms with Crippen molar-refractivity contribution in [3.63, 3.8) is 0 Å². The van der Waals surface area contributed by atoms with E-state index in [0.29, 0.717) is 17.1 Å². The molecule has 1 heterocycles. The standard InChI is InChI=1S/C22H17FO4/c23-20-4-2-1-3-15(20)13-26-17-8-5-14(6-9-17)19-12-22(25)27-21-11-16(24)7-10-18(19)21/h1-11,19,24H,12-13H2. The van der Waals surface area contributed by atoms with Gasteiger partial charge >= 0.3 is 5.97 Å². The number of halogens is 1. The first-order valence-corrected chi connectivity index (χ1v) is 8.60. The number of carbonyl (C=O) groups is 1. The first kappa shape index (κ1) is 17.1. The fourth-order valence-corrected chi connectivity index (χ4v) is 3.21. The minimum atomic E-state index is -0.335. The van der Waals surface area contributed by atoms with Gasteiger partial charge in [-0.05, 0) is 29.8 Å². The predicted molar refractivity (Wildman–Crippen MR) is 97.4 cm³/mol. The summed E-state index contributed by atoms with van der Waals surface area (Å²) in [6.07, 6.45) is 0.229. The molecule has 0 saturated carbocycles. The molecule has 4 nitrogen and oxygen atoms in total. The number of phenols is 1. The number of hydrogen-bond acceptors (Lipinski definition) is 4. The molecule has 1 atom stereocenters. The lowest BCUT2D eigenvalue weighted by Gasteiger charge is -2.25. The highest BCUT2D eigenvalue weighted by atomic mass is 19.1. The number of phenolic OH excluding ortho intramolecular Hbond substituents is 1. The number of carbonyl (C=O) groups excluding carboxylic acids is 1. The van der Waals surface area contributed by atoms with Crippen molar-refractivity contribution < 1.29 is 23.8 Å². The summed E-state index contributed by atoms with van der Waals surface area (Å²) in [6, 6.07) is 18.7. The molecular formula is C22H17FO4. The zero-order chi connectivity index (χ0) is 18.8. The number of fused-ring (bicyclic) bond motifs is 1. The van der Waals surface area contributed by atoms with Crippen LogP contribution in [0.1, 0.15) is 29.0 Å². The van der Waals surface area contributed by atoms with Crippen molar-refractivity contribution in [2.24, 2.45) is 0 Å². The third-order valence-corrected chi connectivity index (χ3v) is 4.60. The Morgan fingerprint density at radius 2 is 1.85 bits per heavy atom. The van der Waals surface area contributed by atoms with E-state index in [4.69, 9.17) is 9.47 Å². The minimum Gasteiger partial charge on any atom is -0.508 e. The quantitative estimate of drug-likeness (QED) is 0.545. The average Bonchev–Trinajstić information content (AvgIpc) is 2.67. The van der Waals surface area contributed by atoms with E-state index in [1.54, 1.807) is 42.5 Å². The van der Waals surface area contributed by atoms with Crippen LogP contribution in [-0.4, -0.2) is 11.1 Å². The summed E-state index contributed by atoms with van der Waals surface area (Å²) in [4.78, 5) is 11.9. The van der Waals surface area contributed by atoms with Gasteiger partial charge in [0.25, 0.3) is 0 Å². The normalized spacial score (nSPS) is 15.7. The molecule has 1 aliphatic heterocycles. The summed E-state index contributed by atoms with van der Waals surface area (Å²) < 4.78 is 24.5. The molecule has 136 valence electrons. The second kappa shape index (κ2) is 7.11. The van der Waals surface area contributed by atoms with E-state index in [-0.39, 0.29) is 36.5 Å². The molecule has 0 aliphatic carbocycles. The third-order valence-electron chi connectivity index (χ3n) is 4.60. The Balaban J connectivity index is 1.53. The van der Waals surface area contributed by atoms with Gasteiger partial charge in [0, 0.05) is 23.1 Å². The summed E-state index contributed by atoms with van der Waals surface area (Å²) in [6.45, 7) is 0.143. The van der Waals surface area contributed by atoms with Crippen LogP contribution in [0.25, 0.3) is 0 Å². The van der Waals surface area contributed by atoms with E-state index in [2.05, 4.69) is 0 Å². The zero-order valence-corrected chi connectivity index (χ0v) is 14.4. The summed E-state index contributed by atoms with van der Waals surface area (Å²) >= 11 is 0. The second-order valence-corrected chi connectivity index (χ2v) is 6.40. The van der Waals surface area contributed by atoms with E-state index in [1.165, 1.54) is 12.1 Å². The smallest absolute Gasteiger partial charge is 0.312 e. The van der Waals surface area contributed by atoms with Gasteiger partial charge in [-0.3, -0.25) is 4.79 Å². The topological polar surface area (TPSA) is 55.8 Å². The number of ether oxygens (including phenoxy) is 2. The van der Waals surface area contributed by atoms with Crippen LogP contribution in [0.15, 0.2) is 66.7 Å². The second-order valence-electron chi connectivity index (χ2n) is 6.40. The lowest BCUT2D eigenvalue weighted by atomic mass is 9.86. The van der Waals surface area contributed by atoms with E-state index in [1.807, 2.05) is 12.1 Å². The van der Waals surface area contributed by atoms with Gasteiger partial charge in [0.1, 0.15) is 29.7 Å². The van der Waals surface area contributed by atoms with Gasteiger partial charge in [-0.1, -0.05) is 36.4 Å². The summed E-state index contributed by atoms with van der Waals surface area (Å²) in [5.41, 5.74) is 2.29. The molecule has 5 heteroatoms. The van der Waals surface area contributed by atoms with Crippen molar-refractivity contribution in [1.29, 1.82) is 0 Å². The molecule has 1 N–H and O–H groups in total. The van der Waals surface area contributed by atoms with Crippen LogP contribution >= 0.6 is 0 Å². The highest BCUT2D eigenvalue weighted by molar-refractivity contribution is 5.78. The molecule has 0 aromatic heterocycles. The van der Waals surface area contributed by atoms with Gasteiger partial charge < -0.3 is 14.6 Å². The van der Waals surface area contributed by atoms with Gasteiger partial charge in [0.05, 0.1) is 6.42 Å². The average molecular weight is 364 g/mol. The molecule has 0 bridgehead atoms. The zero-order valence-electron chi connectivity index (χ0n) is 14.4. The molecule has 4 rings (SSSR count). The summed E-state index contributed by atoms with van der Waals surface area (Å²) in [7, 11) is 0. The number of benzene rings is 3. The Bertz CT molecular complexity index is 982. The van der Waals surface area contributed by atoms with Gasteiger partial charge in [0.2, 0.25) is 0 Å². The fraction of sp³-hybridized carbons (Fsp3) is 0.136. The first-order chi connectivity index (χ1) is 13.1. The van der Waals surface area contributed by atoms with E-state index in [0.717, 1.165) is 11.1 Å². The Kier molecular flexibility index (Phi) is 4.50. The van der Waals surface area contributed by atoms with Crippen molar-refractivity contribution in [2.45, 2.75) is 18.9 Å². The maximum absolute atomic E-state index is 13.7. The minimum absolute atomic E-state index is 0.0547. The summed E-state index contributed by atoms with van der Waals surface area (Å²) in [5, 5.41) is 9.61. The Labute approximate surface area is 155 Å². The molecule has 1 aliphatic rings. The molecule has 27 heavy (non-hydrogen) atoms. The molecule has 0 saturated heterocycles. The number of rotatable bonds is 4. The van der Waals surface area contributed by atoms with Crippen LogP contribution < -0.4 is 9.47 Å². The fourth-order valence-electron chi connectivity index (χ4n) is 3.21. The van der Waals surface area contributed by atoms with Crippen molar-refractivity contribution in [3.05, 3.63) is 89.2 Å². The van der Waals surface area contributed by atoms with Gasteiger partial charge in [-0.25, -0.2) is 4.39 Å².